The minimum absolute atomic E-state index is 0.0454. The Hall–Kier alpha value is -1.96. The summed E-state index contributed by atoms with van der Waals surface area (Å²) in [6, 6.07) is 16.6. The zero-order valence-electron chi connectivity index (χ0n) is 15.2. The van der Waals surface area contributed by atoms with Crippen LogP contribution in [0.5, 0.6) is 0 Å². The molecule has 2 rings (SSSR count). The summed E-state index contributed by atoms with van der Waals surface area (Å²) < 4.78 is 24.7. The molecule has 0 unspecified atom stereocenters. The molecule has 3 N–H and O–H groups in total. The van der Waals surface area contributed by atoms with Crippen LogP contribution in [0.2, 0.25) is 0 Å². The van der Waals surface area contributed by atoms with Gasteiger partial charge in [-0.1, -0.05) is 56.3 Å². The highest BCUT2D eigenvalue weighted by molar-refractivity contribution is 7.89. The van der Waals surface area contributed by atoms with Gasteiger partial charge in [0, 0.05) is 0 Å². The van der Waals surface area contributed by atoms with Gasteiger partial charge in [-0.05, 0) is 54.7 Å². The van der Waals surface area contributed by atoms with E-state index in [0.717, 1.165) is 17.5 Å². The van der Waals surface area contributed by atoms with Gasteiger partial charge in [0.25, 0.3) is 10.0 Å². The molecule has 0 saturated carbocycles. The SMILES string of the molecule is CC(C)Cc1ccc(S(=O)(=O)NNC(=S)N[C@H](C)c2ccccc2)cc1. The Bertz CT molecular complexity index is 820. The van der Waals surface area contributed by atoms with Crippen LogP contribution in [0.1, 0.15) is 37.9 Å². The summed E-state index contributed by atoms with van der Waals surface area (Å²) in [6.07, 6.45) is 0.914. The fourth-order valence-corrected chi connectivity index (χ4v) is 3.65. The van der Waals surface area contributed by atoms with Crippen LogP contribution in [0.15, 0.2) is 59.5 Å². The molecule has 0 spiro atoms. The zero-order chi connectivity index (χ0) is 19.2. The molecule has 26 heavy (non-hydrogen) atoms. The number of hydrazine groups is 1. The molecule has 7 heteroatoms. The van der Waals surface area contributed by atoms with Crippen LogP contribution in [0, 0.1) is 5.92 Å². The summed E-state index contributed by atoms with van der Waals surface area (Å²) in [6.45, 7) is 6.20. The molecule has 2 aromatic carbocycles. The molecule has 0 aliphatic carbocycles. The maximum Gasteiger partial charge on any atom is 0.257 e. The normalized spacial score (nSPS) is 12.6. The number of benzene rings is 2. The summed E-state index contributed by atoms with van der Waals surface area (Å²) in [5, 5.41) is 3.25. The summed E-state index contributed by atoms with van der Waals surface area (Å²) in [4.78, 5) is 2.50. The highest BCUT2D eigenvalue weighted by atomic mass is 32.2. The predicted molar refractivity (Wildman–Crippen MR) is 109 cm³/mol. The lowest BCUT2D eigenvalue weighted by Gasteiger charge is -2.17. The number of nitrogens with one attached hydrogen (secondary N) is 3. The van der Waals surface area contributed by atoms with Gasteiger partial charge in [0.2, 0.25) is 0 Å². The second-order valence-electron chi connectivity index (χ2n) is 6.58. The first-order valence-corrected chi connectivity index (χ1v) is 10.4. The van der Waals surface area contributed by atoms with E-state index in [-0.39, 0.29) is 16.0 Å². The monoisotopic (exact) mass is 391 g/mol. The quantitative estimate of drug-likeness (QED) is 0.499. The molecule has 0 heterocycles. The van der Waals surface area contributed by atoms with Crippen molar-refractivity contribution in [2.24, 2.45) is 5.92 Å². The van der Waals surface area contributed by atoms with Crippen molar-refractivity contribution in [2.75, 3.05) is 0 Å². The minimum Gasteiger partial charge on any atom is -0.355 e. The van der Waals surface area contributed by atoms with Crippen molar-refractivity contribution < 1.29 is 8.42 Å². The van der Waals surface area contributed by atoms with Crippen molar-refractivity contribution in [3.8, 4) is 0 Å². The van der Waals surface area contributed by atoms with Gasteiger partial charge >= 0.3 is 0 Å². The highest BCUT2D eigenvalue weighted by Crippen LogP contribution is 2.13. The molecule has 1 atom stereocenters. The van der Waals surface area contributed by atoms with E-state index in [1.165, 1.54) is 0 Å². The maximum absolute atomic E-state index is 12.4. The van der Waals surface area contributed by atoms with Gasteiger partial charge in [-0.2, -0.15) is 0 Å². The van der Waals surface area contributed by atoms with Gasteiger partial charge in [0.1, 0.15) is 0 Å². The van der Waals surface area contributed by atoms with Crippen molar-refractivity contribution in [2.45, 2.75) is 38.1 Å². The van der Waals surface area contributed by atoms with E-state index in [4.69, 9.17) is 12.2 Å². The average Bonchev–Trinajstić information content (AvgIpc) is 2.61. The van der Waals surface area contributed by atoms with Gasteiger partial charge in [-0.25, -0.2) is 8.42 Å². The van der Waals surface area contributed by atoms with E-state index >= 15 is 0 Å². The van der Waals surface area contributed by atoms with Gasteiger partial charge in [-0.3, -0.25) is 5.43 Å². The van der Waals surface area contributed by atoms with Crippen molar-refractivity contribution in [3.05, 3.63) is 65.7 Å². The van der Waals surface area contributed by atoms with E-state index in [9.17, 15) is 8.42 Å². The number of hydrogen-bond acceptors (Lipinski definition) is 3. The molecule has 0 amide bonds. The zero-order valence-corrected chi connectivity index (χ0v) is 16.8. The third kappa shape index (κ3) is 6.09. The fraction of sp³-hybridized carbons (Fsp3) is 0.316. The van der Waals surface area contributed by atoms with E-state index < -0.39 is 10.0 Å². The van der Waals surface area contributed by atoms with Crippen LogP contribution >= 0.6 is 12.2 Å². The van der Waals surface area contributed by atoms with Crippen molar-refractivity contribution in [1.29, 1.82) is 0 Å². The summed E-state index contributed by atoms with van der Waals surface area (Å²) in [5.74, 6) is 0.521. The van der Waals surface area contributed by atoms with E-state index in [1.807, 2.05) is 49.4 Å². The highest BCUT2D eigenvalue weighted by Gasteiger charge is 2.15. The van der Waals surface area contributed by atoms with Crippen LogP contribution in [-0.4, -0.2) is 13.5 Å². The number of rotatable bonds is 7. The predicted octanol–water partition coefficient (Wildman–Crippen LogP) is 3.30. The minimum atomic E-state index is -3.69. The molecule has 0 radical (unpaired) electrons. The summed E-state index contributed by atoms with van der Waals surface area (Å²) in [7, 11) is -3.69. The molecule has 0 aliphatic heterocycles. The van der Waals surface area contributed by atoms with Crippen LogP contribution in [0.4, 0.5) is 0 Å². The number of hydrogen-bond donors (Lipinski definition) is 3. The van der Waals surface area contributed by atoms with E-state index in [2.05, 4.69) is 29.4 Å². The largest absolute Gasteiger partial charge is 0.355 e. The second-order valence-corrected chi connectivity index (χ2v) is 8.67. The molecule has 0 saturated heterocycles. The van der Waals surface area contributed by atoms with Gasteiger partial charge in [0.05, 0.1) is 10.9 Å². The Morgan fingerprint density at radius 3 is 2.19 bits per heavy atom. The van der Waals surface area contributed by atoms with Gasteiger partial charge < -0.3 is 5.32 Å². The second kappa shape index (κ2) is 9.12. The molecule has 0 bridgehead atoms. The third-order valence-corrected chi connectivity index (χ3v) is 5.31. The summed E-state index contributed by atoms with van der Waals surface area (Å²) in [5.41, 5.74) is 4.72. The molecule has 0 aromatic heterocycles. The van der Waals surface area contributed by atoms with Crippen molar-refractivity contribution in [1.82, 2.24) is 15.6 Å². The number of sulfonamides is 1. The molecule has 2 aromatic rings. The molecular formula is C19H25N3O2S2. The Morgan fingerprint density at radius 2 is 1.62 bits per heavy atom. The standard InChI is InChI=1S/C19H25N3O2S2/c1-14(2)13-16-9-11-18(12-10-16)26(23,24)22-21-19(25)20-15(3)17-7-5-4-6-8-17/h4-12,14-15,22H,13H2,1-3H3,(H2,20,21,25)/t15-/m1/s1. The third-order valence-electron chi connectivity index (χ3n) is 3.82. The number of thiocarbonyl (C=S) groups is 1. The summed E-state index contributed by atoms with van der Waals surface area (Å²) >= 11 is 5.17. The Labute approximate surface area is 161 Å². The lowest BCUT2D eigenvalue weighted by molar-refractivity contribution is 0.574. The Kier molecular flexibility index (Phi) is 7.14. The Morgan fingerprint density at radius 1 is 1.00 bits per heavy atom. The molecule has 0 fully saturated rings. The Balaban J connectivity index is 1.91. The first-order chi connectivity index (χ1) is 12.3. The van der Waals surface area contributed by atoms with Crippen molar-refractivity contribution in [3.63, 3.8) is 0 Å². The van der Waals surface area contributed by atoms with Crippen LogP contribution in [-0.2, 0) is 16.4 Å². The van der Waals surface area contributed by atoms with Crippen molar-refractivity contribution >= 4 is 27.4 Å². The lowest BCUT2D eigenvalue weighted by Crippen LogP contribution is -2.47. The van der Waals surface area contributed by atoms with Gasteiger partial charge in [-0.15, -0.1) is 4.83 Å². The molecule has 0 aliphatic rings. The van der Waals surface area contributed by atoms with E-state index in [0.29, 0.717) is 5.92 Å². The van der Waals surface area contributed by atoms with Crippen LogP contribution < -0.4 is 15.6 Å². The average molecular weight is 392 g/mol. The van der Waals surface area contributed by atoms with Crippen LogP contribution in [0.3, 0.4) is 0 Å². The topological polar surface area (TPSA) is 70.2 Å². The van der Waals surface area contributed by atoms with E-state index in [1.54, 1.807) is 12.1 Å². The lowest BCUT2D eigenvalue weighted by atomic mass is 10.0. The van der Waals surface area contributed by atoms with Gasteiger partial charge in [0.15, 0.2) is 5.11 Å². The molecular weight excluding hydrogens is 366 g/mol. The fourth-order valence-electron chi connectivity index (χ4n) is 2.51. The smallest absolute Gasteiger partial charge is 0.257 e. The van der Waals surface area contributed by atoms with Crippen LogP contribution in [0.25, 0.3) is 0 Å². The molecule has 5 nitrogen and oxygen atoms in total. The maximum atomic E-state index is 12.4. The first kappa shape index (κ1) is 20.4. The first-order valence-electron chi connectivity index (χ1n) is 8.50. The molecule has 140 valence electrons.